The zero-order valence-corrected chi connectivity index (χ0v) is 19.8. The summed E-state index contributed by atoms with van der Waals surface area (Å²) in [6, 6.07) is 0. The van der Waals surface area contributed by atoms with Gasteiger partial charge in [-0.05, 0) is 88.4 Å². The van der Waals surface area contributed by atoms with Gasteiger partial charge in [0.05, 0.1) is 17.8 Å². The van der Waals surface area contributed by atoms with Crippen molar-refractivity contribution in [1.29, 1.82) is 0 Å². The molecule has 3 rings (SSSR count). The Kier molecular flexibility index (Phi) is 7.37. The molecular formula is C27H44O3. The summed E-state index contributed by atoms with van der Waals surface area (Å²) in [4.78, 5) is 0. The largest absolute Gasteiger partial charge is 0.393 e. The van der Waals surface area contributed by atoms with E-state index in [1.807, 2.05) is 13.8 Å². The number of aliphatic hydroxyl groups excluding tert-OH is 2. The molecule has 3 saturated carbocycles. The second-order valence-corrected chi connectivity index (χ2v) is 11.3. The van der Waals surface area contributed by atoms with Crippen LogP contribution in [-0.4, -0.2) is 33.1 Å². The molecule has 0 spiro atoms. The fraction of sp³-hybridized carbons (Fsp3) is 0.778. The third-order valence-corrected chi connectivity index (χ3v) is 8.56. The van der Waals surface area contributed by atoms with E-state index >= 15 is 0 Å². The van der Waals surface area contributed by atoms with Gasteiger partial charge < -0.3 is 15.3 Å². The van der Waals surface area contributed by atoms with Crippen molar-refractivity contribution in [2.45, 2.75) is 104 Å². The predicted molar refractivity (Wildman–Crippen MR) is 124 cm³/mol. The average Bonchev–Trinajstić information content (AvgIpc) is 3.00. The molecule has 0 saturated heterocycles. The van der Waals surface area contributed by atoms with Crippen molar-refractivity contribution in [3.8, 4) is 0 Å². The van der Waals surface area contributed by atoms with Gasteiger partial charge in [0, 0.05) is 5.92 Å². The topological polar surface area (TPSA) is 60.7 Å². The lowest BCUT2D eigenvalue weighted by molar-refractivity contribution is 0.0436. The van der Waals surface area contributed by atoms with Crippen LogP contribution in [0.1, 0.15) is 86.0 Å². The summed E-state index contributed by atoms with van der Waals surface area (Å²) in [7, 11) is 0. The molecule has 0 aromatic carbocycles. The van der Waals surface area contributed by atoms with Crippen molar-refractivity contribution in [3.05, 3.63) is 35.5 Å². The van der Waals surface area contributed by atoms with Gasteiger partial charge >= 0.3 is 0 Å². The maximum atomic E-state index is 10.2. The molecule has 0 heterocycles. The van der Waals surface area contributed by atoms with E-state index in [0.29, 0.717) is 42.4 Å². The third-order valence-electron chi connectivity index (χ3n) is 8.56. The molecule has 7 atom stereocenters. The lowest BCUT2D eigenvalue weighted by atomic mass is 9.61. The summed E-state index contributed by atoms with van der Waals surface area (Å²) in [5, 5.41) is 30.2. The second kappa shape index (κ2) is 9.30. The van der Waals surface area contributed by atoms with E-state index in [4.69, 9.17) is 0 Å². The summed E-state index contributed by atoms with van der Waals surface area (Å²) in [5.41, 5.74) is 2.43. The Balaban J connectivity index is 1.73. The molecule has 0 bridgehead atoms. The predicted octanol–water partition coefficient (Wildman–Crippen LogP) is 5.56. The van der Waals surface area contributed by atoms with Crippen LogP contribution in [0.5, 0.6) is 0 Å². The van der Waals surface area contributed by atoms with Gasteiger partial charge in [-0.3, -0.25) is 0 Å². The fourth-order valence-corrected chi connectivity index (χ4v) is 6.39. The van der Waals surface area contributed by atoms with Gasteiger partial charge in [-0.2, -0.15) is 0 Å². The molecule has 3 aliphatic rings. The van der Waals surface area contributed by atoms with Crippen LogP contribution in [0.2, 0.25) is 0 Å². The number of aliphatic hydroxyl groups is 3. The van der Waals surface area contributed by atoms with Crippen molar-refractivity contribution >= 4 is 0 Å². The van der Waals surface area contributed by atoms with Crippen molar-refractivity contribution in [1.82, 2.24) is 0 Å². The molecule has 0 aromatic rings. The van der Waals surface area contributed by atoms with Crippen molar-refractivity contribution in [3.63, 3.8) is 0 Å². The Morgan fingerprint density at radius 1 is 1.03 bits per heavy atom. The van der Waals surface area contributed by atoms with Gasteiger partial charge in [0.15, 0.2) is 0 Å². The maximum absolute atomic E-state index is 10.2. The quantitative estimate of drug-likeness (QED) is 0.514. The molecular weight excluding hydrogens is 372 g/mol. The summed E-state index contributed by atoms with van der Waals surface area (Å²) in [5.74, 6) is 2.00. The fourth-order valence-electron chi connectivity index (χ4n) is 6.39. The van der Waals surface area contributed by atoms with Crippen molar-refractivity contribution in [2.75, 3.05) is 0 Å². The van der Waals surface area contributed by atoms with Crippen LogP contribution in [0.25, 0.3) is 0 Å². The Bertz CT molecular complexity index is 671. The Labute approximate surface area is 184 Å². The normalized spacial score (nSPS) is 40.1. The van der Waals surface area contributed by atoms with Gasteiger partial charge in [0.25, 0.3) is 0 Å². The smallest absolute Gasteiger partial charge is 0.0651 e. The highest BCUT2D eigenvalue weighted by molar-refractivity contribution is 5.26. The van der Waals surface area contributed by atoms with Gasteiger partial charge in [-0.25, -0.2) is 0 Å². The molecule has 0 aliphatic heterocycles. The Morgan fingerprint density at radius 3 is 2.33 bits per heavy atom. The van der Waals surface area contributed by atoms with Crippen LogP contribution >= 0.6 is 0 Å². The number of allylic oxidation sites excluding steroid dienone is 4. The summed E-state index contributed by atoms with van der Waals surface area (Å²) in [6.45, 7) is 10.7. The lowest BCUT2D eigenvalue weighted by Gasteiger charge is -2.44. The highest BCUT2D eigenvalue weighted by Gasteiger charge is 2.50. The number of hydrogen-bond acceptors (Lipinski definition) is 3. The Morgan fingerprint density at radius 2 is 1.70 bits per heavy atom. The Hall–Kier alpha value is -0.900. The van der Waals surface area contributed by atoms with Crippen molar-refractivity contribution in [2.24, 2.45) is 29.1 Å². The highest BCUT2D eigenvalue weighted by Crippen LogP contribution is 2.59. The molecule has 3 heteroatoms. The zero-order valence-electron chi connectivity index (χ0n) is 19.8. The summed E-state index contributed by atoms with van der Waals surface area (Å²) < 4.78 is 0. The number of rotatable bonds is 5. The van der Waals surface area contributed by atoms with E-state index in [1.165, 1.54) is 37.7 Å². The first-order valence-corrected chi connectivity index (χ1v) is 12.2. The maximum Gasteiger partial charge on any atom is 0.0651 e. The van der Waals surface area contributed by atoms with Gasteiger partial charge in [0.1, 0.15) is 0 Å². The molecule has 3 fully saturated rings. The SMILES string of the molecule is C[C@H](/C=C/[C@H](C)C(C)(C)O)[C@H]1CC[C@H]2/C(=C/C=C3\CC(O)C[C@H](O)C3)CCCC12C. The zero-order chi connectivity index (χ0) is 22.1. The van der Waals surface area contributed by atoms with E-state index in [9.17, 15) is 15.3 Å². The third kappa shape index (κ3) is 5.29. The molecule has 2 unspecified atom stereocenters. The minimum absolute atomic E-state index is 0.152. The van der Waals surface area contributed by atoms with Gasteiger partial charge in [-0.1, -0.05) is 56.2 Å². The summed E-state index contributed by atoms with van der Waals surface area (Å²) >= 11 is 0. The van der Waals surface area contributed by atoms with E-state index in [-0.39, 0.29) is 5.92 Å². The molecule has 30 heavy (non-hydrogen) atoms. The van der Waals surface area contributed by atoms with Gasteiger partial charge in [-0.15, -0.1) is 0 Å². The van der Waals surface area contributed by atoms with Crippen LogP contribution < -0.4 is 0 Å². The molecule has 0 aromatic heterocycles. The first-order chi connectivity index (χ1) is 14.0. The highest BCUT2D eigenvalue weighted by atomic mass is 16.3. The van der Waals surface area contributed by atoms with Gasteiger partial charge in [0.2, 0.25) is 0 Å². The molecule has 3 aliphatic carbocycles. The average molecular weight is 417 g/mol. The lowest BCUT2D eigenvalue weighted by Crippen LogP contribution is -2.35. The van der Waals surface area contributed by atoms with E-state index in [0.717, 1.165) is 0 Å². The van der Waals surface area contributed by atoms with Crippen LogP contribution in [0.15, 0.2) is 35.5 Å². The summed E-state index contributed by atoms with van der Waals surface area (Å²) in [6.07, 6.45) is 16.5. The number of fused-ring (bicyclic) bond motifs is 1. The molecule has 0 radical (unpaired) electrons. The van der Waals surface area contributed by atoms with Crippen LogP contribution in [0.3, 0.4) is 0 Å². The van der Waals surface area contributed by atoms with E-state index in [1.54, 1.807) is 5.57 Å². The second-order valence-electron chi connectivity index (χ2n) is 11.3. The van der Waals surface area contributed by atoms with E-state index < -0.39 is 17.8 Å². The van der Waals surface area contributed by atoms with Crippen LogP contribution in [0, 0.1) is 29.1 Å². The first-order valence-electron chi connectivity index (χ1n) is 12.2. The molecule has 170 valence electrons. The standard InChI is InChI=1S/C27H44O3/c1-18(8-9-19(2)26(3,4)30)24-12-13-25-21(7-6-14-27(24,25)5)11-10-20-15-22(28)17-23(29)16-20/h8-11,18-19,22-25,28-30H,6-7,12-17H2,1-5H3/b9-8+,20-10-,21-11+/t18-,19+,22-,23?,24-,25+,27?/m1/s1. The molecule has 3 nitrogen and oxygen atoms in total. The monoisotopic (exact) mass is 416 g/mol. The molecule has 0 amide bonds. The minimum atomic E-state index is -0.674. The molecule has 3 N–H and O–H groups in total. The van der Waals surface area contributed by atoms with Crippen LogP contribution in [0.4, 0.5) is 0 Å². The van der Waals surface area contributed by atoms with Crippen LogP contribution in [-0.2, 0) is 0 Å². The number of hydrogen-bond donors (Lipinski definition) is 3. The minimum Gasteiger partial charge on any atom is -0.393 e. The van der Waals surface area contributed by atoms with Crippen molar-refractivity contribution < 1.29 is 15.3 Å². The first kappa shape index (κ1) is 23.8. The van der Waals surface area contributed by atoms with E-state index in [2.05, 4.69) is 45.1 Å².